The van der Waals surface area contributed by atoms with Gasteiger partial charge in [0, 0.05) is 17.4 Å². The van der Waals surface area contributed by atoms with Crippen LogP contribution < -0.4 is 0 Å². The van der Waals surface area contributed by atoms with Gasteiger partial charge in [-0.05, 0) is 29.0 Å². The summed E-state index contributed by atoms with van der Waals surface area (Å²) in [6.07, 6.45) is 3.71. The summed E-state index contributed by atoms with van der Waals surface area (Å²) in [5.74, 6) is 0.509. The number of fused-ring (bicyclic) bond motifs is 1. The van der Waals surface area contributed by atoms with Crippen molar-refractivity contribution in [2.24, 2.45) is 17.8 Å². The van der Waals surface area contributed by atoms with E-state index in [0.717, 1.165) is 23.0 Å². The molecule has 1 N–H and O–H groups in total. The molecule has 0 radical (unpaired) electrons. The first-order chi connectivity index (χ1) is 10.1. The van der Waals surface area contributed by atoms with E-state index >= 15 is 0 Å². The third kappa shape index (κ3) is 2.32. The number of hydrogen-bond donors (Lipinski definition) is 1. The molecule has 0 saturated heterocycles. The molecule has 3 nitrogen and oxygen atoms in total. The Bertz CT molecular complexity index is 588. The highest BCUT2D eigenvalue weighted by Crippen LogP contribution is 2.48. The fourth-order valence-corrected chi connectivity index (χ4v) is 3.80. The monoisotopic (exact) mass is 284 g/mol. The van der Waals surface area contributed by atoms with Crippen molar-refractivity contribution in [3.63, 3.8) is 0 Å². The van der Waals surface area contributed by atoms with Crippen LogP contribution in [0.3, 0.4) is 0 Å². The molecular formula is C18H20O3. The zero-order valence-electron chi connectivity index (χ0n) is 12.3. The SMILES string of the molecule is C[C@H]1[C@H]2C(=CO[C@H](O)[C@H]2C)C=C(C=O)[C@@H]1c1ccccc1. The van der Waals surface area contributed by atoms with Crippen molar-refractivity contribution in [1.82, 2.24) is 0 Å². The molecule has 5 atom stereocenters. The number of ether oxygens (including phenoxy) is 1. The van der Waals surface area contributed by atoms with Crippen LogP contribution in [0.25, 0.3) is 0 Å². The summed E-state index contributed by atoms with van der Waals surface area (Å²) in [4.78, 5) is 11.5. The fraction of sp³-hybridized carbons (Fsp3) is 0.389. The molecule has 0 spiro atoms. The highest BCUT2D eigenvalue weighted by molar-refractivity contribution is 5.78. The van der Waals surface area contributed by atoms with Crippen molar-refractivity contribution >= 4 is 6.29 Å². The van der Waals surface area contributed by atoms with Crippen LogP contribution in [0.15, 0.2) is 53.8 Å². The molecule has 0 saturated carbocycles. The molecule has 110 valence electrons. The summed E-state index contributed by atoms with van der Waals surface area (Å²) in [6, 6.07) is 10.1. The van der Waals surface area contributed by atoms with Crippen LogP contribution >= 0.6 is 0 Å². The molecule has 1 aliphatic carbocycles. The topological polar surface area (TPSA) is 46.5 Å². The van der Waals surface area contributed by atoms with Crippen LogP contribution in [0, 0.1) is 17.8 Å². The van der Waals surface area contributed by atoms with Crippen molar-refractivity contribution < 1.29 is 14.6 Å². The predicted molar refractivity (Wildman–Crippen MR) is 80.3 cm³/mol. The number of aliphatic hydroxyl groups excluding tert-OH is 1. The first-order valence-electron chi connectivity index (χ1n) is 7.38. The van der Waals surface area contributed by atoms with Gasteiger partial charge in [-0.15, -0.1) is 0 Å². The lowest BCUT2D eigenvalue weighted by Crippen LogP contribution is -2.39. The number of hydrogen-bond acceptors (Lipinski definition) is 3. The summed E-state index contributed by atoms with van der Waals surface area (Å²) in [7, 11) is 0. The normalized spacial score (nSPS) is 35.1. The van der Waals surface area contributed by atoms with E-state index in [9.17, 15) is 9.90 Å². The summed E-state index contributed by atoms with van der Waals surface area (Å²) < 4.78 is 5.27. The Morgan fingerprint density at radius 2 is 1.86 bits per heavy atom. The molecule has 0 fully saturated rings. The molecule has 0 bridgehead atoms. The number of carbonyl (C=O) groups excluding carboxylic acids is 1. The number of aliphatic hydroxyl groups is 1. The van der Waals surface area contributed by atoms with E-state index in [2.05, 4.69) is 19.1 Å². The highest BCUT2D eigenvalue weighted by Gasteiger charge is 2.42. The molecule has 1 aromatic carbocycles. The Morgan fingerprint density at radius 1 is 1.14 bits per heavy atom. The average molecular weight is 284 g/mol. The zero-order chi connectivity index (χ0) is 15.0. The fourth-order valence-electron chi connectivity index (χ4n) is 3.80. The minimum atomic E-state index is -0.774. The molecule has 1 heterocycles. The predicted octanol–water partition coefficient (Wildman–Crippen LogP) is 3.03. The van der Waals surface area contributed by atoms with Crippen molar-refractivity contribution in [3.05, 3.63) is 59.4 Å². The van der Waals surface area contributed by atoms with E-state index in [4.69, 9.17) is 4.74 Å². The van der Waals surface area contributed by atoms with Crippen molar-refractivity contribution in [3.8, 4) is 0 Å². The minimum absolute atomic E-state index is 0.00987. The van der Waals surface area contributed by atoms with Gasteiger partial charge >= 0.3 is 0 Å². The van der Waals surface area contributed by atoms with Crippen LogP contribution in [0.1, 0.15) is 25.3 Å². The number of benzene rings is 1. The van der Waals surface area contributed by atoms with Gasteiger partial charge < -0.3 is 9.84 Å². The molecule has 3 heteroatoms. The van der Waals surface area contributed by atoms with E-state index in [1.807, 2.05) is 31.2 Å². The Labute approximate surface area is 124 Å². The van der Waals surface area contributed by atoms with Gasteiger partial charge in [0.1, 0.15) is 6.29 Å². The largest absolute Gasteiger partial charge is 0.472 e. The van der Waals surface area contributed by atoms with Crippen LogP contribution in [0.5, 0.6) is 0 Å². The van der Waals surface area contributed by atoms with E-state index in [1.54, 1.807) is 6.26 Å². The van der Waals surface area contributed by atoms with Gasteiger partial charge in [-0.1, -0.05) is 44.2 Å². The highest BCUT2D eigenvalue weighted by atomic mass is 16.6. The Balaban J connectivity index is 2.08. The molecule has 2 aliphatic rings. The first-order valence-corrected chi connectivity index (χ1v) is 7.38. The van der Waals surface area contributed by atoms with Crippen LogP contribution in [-0.2, 0) is 9.53 Å². The lowest BCUT2D eigenvalue weighted by Gasteiger charge is -2.43. The zero-order valence-corrected chi connectivity index (χ0v) is 12.3. The Morgan fingerprint density at radius 3 is 2.52 bits per heavy atom. The van der Waals surface area contributed by atoms with Crippen LogP contribution in [0.2, 0.25) is 0 Å². The summed E-state index contributed by atoms with van der Waals surface area (Å²) in [5, 5.41) is 9.96. The summed E-state index contributed by atoms with van der Waals surface area (Å²) in [5.41, 5.74) is 2.94. The standard InChI is InChI=1S/C18H20O3/c1-11-16-12(2)18(20)21-10-15(16)8-14(9-19)17(11)13-6-4-3-5-7-13/h3-12,16-18,20H,1-2H3/t11-,12-,16+,17-,18-/m0/s1. The molecule has 0 amide bonds. The smallest absolute Gasteiger partial charge is 0.199 e. The van der Waals surface area contributed by atoms with Crippen molar-refractivity contribution in [2.45, 2.75) is 26.1 Å². The lowest BCUT2D eigenvalue weighted by atomic mass is 9.64. The molecule has 0 aromatic heterocycles. The molecular weight excluding hydrogens is 264 g/mol. The van der Waals surface area contributed by atoms with Crippen molar-refractivity contribution in [1.29, 1.82) is 0 Å². The Kier molecular flexibility index (Phi) is 3.68. The van der Waals surface area contributed by atoms with Gasteiger partial charge in [0.2, 0.25) is 0 Å². The van der Waals surface area contributed by atoms with E-state index < -0.39 is 6.29 Å². The van der Waals surface area contributed by atoms with Gasteiger partial charge in [0.05, 0.1) is 6.26 Å². The maximum Gasteiger partial charge on any atom is 0.199 e. The maximum absolute atomic E-state index is 11.5. The number of rotatable bonds is 2. The number of carbonyl (C=O) groups is 1. The molecule has 0 unspecified atom stereocenters. The van der Waals surface area contributed by atoms with Crippen LogP contribution in [0.4, 0.5) is 0 Å². The van der Waals surface area contributed by atoms with Gasteiger partial charge in [0.25, 0.3) is 0 Å². The van der Waals surface area contributed by atoms with E-state index in [-0.39, 0.29) is 23.7 Å². The van der Waals surface area contributed by atoms with Gasteiger partial charge in [-0.2, -0.15) is 0 Å². The Hall–Kier alpha value is -1.87. The van der Waals surface area contributed by atoms with Gasteiger partial charge in [-0.3, -0.25) is 4.79 Å². The second-order valence-electron chi connectivity index (χ2n) is 6.04. The minimum Gasteiger partial charge on any atom is -0.472 e. The molecule has 3 rings (SSSR count). The number of aldehydes is 1. The summed E-state index contributed by atoms with van der Waals surface area (Å²) in [6.45, 7) is 4.15. The van der Waals surface area contributed by atoms with E-state index in [0.29, 0.717) is 0 Å². The van der Waals surface area contributed by atoms with Crippen LogP contribution in [-0.4, -0.2) is 17.7 Å². The van der Waals surface area contributed by atoms with Gasteiger partial charge in [0.15, 0.2) is 6.29 Å². The molecule has 1 aromatic rings. The average Bonchev–Trinajstić information content (AvgIpc) is 2.51. The first kappa shape index (κ1) is 14.1. The van der Waals surface area contributed by atoms with Gasteiger partial charge in [-0.25, -0.2) is 0 Å². The quantitative estimate of drug-likeness (QED) is 0.849. The second kappa shape index (κ2) is 5.49. The summed E-state index contributed by atoms with van der Waals surface area (Å²) >= 11 is 0. The second-order valence-corrected chi connectivity index (χ2v) is 6.04. The molecule has 21 heavy (non-hydrogen) atoms. The third-order valence-electron chi connectivity index (χ3n) is 4.82. The van der Waals surface area contributed by atoms with Crippen molar-refractivity contribution in [2.75, 3.05) is 0 Å². The van der Waals surface area contributed by atoms with E-state index in [1.165, 1.54) is 0 Å². The number of allylic oxidation sites excluding steroid dienone is 3. The maximum atomic E-state index is 11.5. The molecule has 1 aliphatic heterocycles. The third-order valence-corrected chi connectivity index (χ3v) is 4.82. The lowest BCUT2D eigenvalue weighted by molar-refractivity contribution is -0.118.